The fraction of sp³-hybridized carbons (Fsp3) is 0.0833. The predicted molar refractivity (Wildman–Crippen MR) is 122 cm³/mol. The second-order valence-electron chi connectivity index (χ2n) is 6.69. The van der Waals surface area contributed by atoms with Crippen LogP contribution in [-0.2, 0) is 16.1 Å². The molecule has 29 heavy (non-hydrogen) atoms. The van der Waals surface area contributed by atoms with Crippen LogP contribution in [0.5, 0.6) is 5.75 Å². The van der Waals surface area contributed by atoms with E-state index < -0.39 is 5.97 Å². The van der Waals surface area contributed by atoms with Gasteiger partial charge in [0.15, 0.2) is 5.70 Å². The Bertz CT molecular complexity index is 1100. The van der Waals surface area contributed by atoms with Crippen LogP contribution in [0.2, 0.25) is 0 Å². The number of aryl methyl sites for hydroxylation is 1. The molecule has 0 amide bonds. The van der Waals surface area contributed by atoms with Gasteiger partial charge in [-0.1, -0.05) is 42.0 Å². The first kappa shape index (κ1) is 19.4. The summed E-state index contributed by atoms with van der Waals surface area (Å²) in [5.74, 6) is 0.602. The van der Waals surface area contributed by atoms with Gasteiger partial charge in [0.1, 0.15) is 12.4 Å². The zero-order valence-electron chi connectivity index (χ0n) is 15.8. The molecule has 3 aromatic carbocycles. The molecule has 0 aliphatic carbocycles. The largest absolute Gasteiger partial charge is 0.489 e. The highest BCUT2D eigenvalue weighted by molar-refractivity contribution is 14.1. The molecular weight excluding hydrogens is 477 g/mol. The van der Waals surface area contributed by atoms with Crippen molar-refractivity contribution in [2.24, 2.45) is 4.99 Å². The Hall–Kier alpha value is -2.93. The summed E-state index contributed by atoms with van der Waals surface area (Å²) < 4.78 is 12.4. The topological polar surface area (TPSA) is 47.9 Å². The number of hydrogen-bond donors (Lipinski definition) is 0. The Morgan fingerprint density at radius 3 is 2.55 bits per heavy atom. The summed E-state index contributed by atoms with van der Waals surface area (Å²) in [6.07, 6.45) is 1.71. The number of rotatable bonds is 5. The number of ether oxygens (including phenoxy) is 2. The third-order valence-corrected chi connectivity index (χ3v) is 5.12. The molecule has 0 N–H and O–H groups in total. The maximum Gasteiger partial charge on any atom is 0.363 e. The molecule has 0 spiro atoms. The monoisotopic (exact) mass is 495 g/mol. The van der Waals surface area contributed by atoms with E-state index >= 15 is 0 Å². The van der Waals surface area contributed by atoms with E-state index in [9.17, 15) is 4.79 Å². The van der Waals surface area contributed by atoms with Crippen molar-refractivity contribution in [2.45, 2.75) is 13.5 Å². The number of aliphatic imine (C=N–C) groups is 1. The number of cyclic esters (lactones) is 1. The van der Waals surface area contributed by atoms with Crippen LogP contribution in [-0.4, -0.2) is 11.9 Å². The summed E-state index contributed by atoms with van der Waals surface area (Å²) in [6, 6.07) is 23.5. The van der Waals surface area contributed by atoms with E-state index in [1.807, 2.05) is 67.6 Å². The zero-order chi connectivity index (χ0) is 20.2. The summed E-state index contributed by atoms with van der Waals surface area (Å²) >= 11 is 2.28. The summed E-state index contributed by atoms with van der Waals surface area (Å²) in [7, 11) is 0. The van der Waals surface area contributed by atoms with Gasteiger partial charge >= 0.3 is 5.97 Å². The minimum absolute atomic E-state index is 0.273. The Balaban J connectivity index is 1.50. The van der Waals surface area contributed by atoms with E-state index in [2.05, 4.69) is 39.7 Å². The van der Waals surface area contributed by atoms with Crippen LogP contribution in [0.15, 0.2) is 83.5 Å². The molecule has 0 aromatic heterocycles. The molecule has 0 radical (unpaired) electrons. The molecule has 4 rings (SSSR count). The lowest BCUT2D eigenvalue weighted by Crippen LogP contribution is -2.05. The molecule has 1 heterocycles. The van der Waals surface area contributed by atoms with Crippen molar-refractivity contribution in [3.05, 3.63) is 104 Å². The molecule has 144 valence electrons. The normalized spacial score (nSPS) is 14.6. The van der Waals surface area contributed by atoms with Gasteiger partial charge in [-0.15, -0.1) is 0 Å². The maximum absolute atomic E-state index is 12.2. The summed E-state index contributed by atoms with van der Waals surface area (Å²) in [4.78, 5) is 16.6. The molecule has 4 nitrogen and oxygen atoms in total. The van der Waals surface area contributed by atoms with Gasteiger partial charge in [0.05, 0.1) is 0 Å². The van der Waals surface area contributed by atoms with E-state index in [0.29, 0.717) is 12.5 Å². The summed E-state index contributed by atoms with van der Waals surface area (Å²) in [6.45, 7) is 2.49. The highest BCUT2D eigenvalue weighted by Gasteiger charge is 2.24. The number of halogens is 1. The fourth-order valence-electron chi connectivity index (χ4n) is 2.83. The third-order valence-electron chi connectivity index (χ3n) is 4.40. The average molecular weight is 495 g/mol. The number of benzene rings is 3. The Labute approximate surface area is 183 Å². The molecule has 0 fully saturated rings. The van der Waals surface area contributed by atoms with Crippen molar-refractivity contribution in [3.63, 3.8) is 0 Å². The standard InChI is InChI=1S/C24H18INO3/c1-16-5-9-19(10-6-16)23-26-22(24(27)29-23)14-18-3-2-4-21(13-18)28-15-17-7-11-20(25)12-8-17/h2-14H,15H2,1H3/b22-14-. The quantitative estimate of drug-likeness (QED) is 0.266. The number of hydrogen-bond acceptors (Lipinski definition) is 4. The minimum Gasteiger partial charge on any atom is -0.489 e. The van der Waals surface area contributed by atoms with Crippen LogP contribution in [0.25, 0.3) is 6.08 Å². The van der Waals surface area contributed by atoms with Gasteiger partial charge in [0.25, 0.3) is 0 Å². The lowest BCUT2D eigenvalue weighted by Gasteiger charge is -2.07. The van der Waals surface area contributed by atoms with Gasteiger partial charge in [-0.25, -0.2) is 9.79 Å². The highest BCUT2D eigenvalue weighted by Crippen LogP contribution is 2.22. The SMILES string of the molecule is Cc1ccc(C2=N/C(=C\c3cccc(OCc4ccc(I)cc4)c3)C(=O)O2)cc1. The molecule has 1 aliphatic rings. The number of esters is 1. The van der Waals surface area contributed by atoms with Crippen LogP contribution < -0.4 is 4.74 Å². The van der Waals surface area contributed by atoms with Gasteiger partial charge in [0.2, 0.25) is 5.90 Å². The van der Waals surface area contributed by atoms with E-state index in [-0.39, 0.29) is 5.70 Å². The second-order valence-corrected chi connectivity index (χ2v) is 7.94. The van der Waals surface area contributed by atoms with Gasteiger partial charge < -0.3 is 9.47 Å². The predicted octanol–water partition coefficient (Wildman–Crippen LogP) is 5.52. The van der Waals surface area contributed by atoms with Crippen molar-refractivity contribution < 1.29 is 14.3 Å². The first-order valence-electron chi connectivity index (χ1n) is 9.14. The number of nitrogens with zero attached hydrogens (tertiary/aromatic N) is 1. The molecule has 0 bridgehead atoms. The lowest BCUT2D eigenvalue weighted by molar-refractivity contribution is -0.129. The molecular formula is C24H18INO3. The Morgan fingerprint density at radius 1 is 1.03 bits per heavy atom. The van der Waals surface area contributed by atoms with Crippen molar-refractivity contribution in [1.82, 2.24) is 0 Å². The van der Waals surface area contributed by atoms with Crippen molar-refractivity contribution in [2.75, 3.05) is 0 Å². The first-order chi connectivity index (χ1) is 14.1. The van der Waals surface area contributed by atoms with Crippen LogP contribution in [0.1, 0.15) is 22.3 Å². The highest BCUT2D eigenvalue weighted by atomic mass is 127. The zero-order valence-corrected chi connectivity index (χ0v) is 17.9. The average Bonchev–Trinajstić information content (AvgIpc) is 3.09. The maximum atomic E-state index is 12.2. The molecule has 0 atom stereocenters. The number of carbonyl (C=O) groups is 1. The molecule has 5 heteroatoms. The lowest BCUT2D eigenvalue weighted by atomic mass is 10.1. The minimum atomic E-state index is -0.453. The molecule has 3 aromatic rings. The van der Waals surface area contributed by atoms with Crippen LogP contribution in [0.3, 0.4) is 0 Å². The fourth-order valence-corrected chi connectivity index (χ4v) is 3.19. The number of carbonyl (C=O) groups excluding carboxylic acids is 1. The van der Waals surface area contributed by atoms with Gasteiger partial charge in [0, 0.05) is 9.13 Å². The van der Waals surface area contributed by atoms with Gasteiger partial charge in [-0.2, -0.15) is 0 Å². The van der Waals surface area contributed by atoms with Crippen molar-refractivity contribution in [3.8, 4) is 5.75 Å². The summed E-state index contributed by atoms with van der Waals surface area (Å²) in [5, 5.41) is 0. The molecule has 0 unspecified atom stereocenters. The van der Waals surface area contributed by atoms with Crippen LogP contribution in [0, 0.1) is 10.5 Å². The summed E-state index contributed by atoms with van der Waals surface area (Å²) in [5.41, 5.74) is 4.11. The van der Waals surface area contributed by atoms with E-state index in [1.54, 1.807) is 6.08 Å². The Kier molecular flexibility index (Phi) is 5.76. The van der Waals surface area contributed by atoms with Crippen LogP contribution in [0.4, 0.5) is 0 Å². The van der Waals surface area contributed by atoms with E-state index in [0.717, 1.165) is 28.0 Å². The smallest absolute Gasteiger partial charge is 0.363 e. The van der Waals surface area contributed by atoms with Gasteiger partial charge in [-0.3, -0.25) is 0 Å². The third kappa shape index (κ3) is 4.92. The van der Waals surface area contributed by atoms with Gasteiger partial charge in [-0.05, 0) is 83.1 Å². The van der Waals surface area contributed by atoms with Crippen molar-refractivity contribution >= 4 is 40.5 Å². The molecule has 1 aliphatic heterocycles. The molecule has 0 saturated heterocycles. The molecule has 0 saturated carbocycles. The van der Waals surface area contributed by atoms with Crippen molar-refractivity contribution in [1.29, 1.82) is 0 Å². The van der Waals surface area contributed by atoms with E-state index in [4.69, 9.17) is 9.47 Å². The Morgan fingerprint density at radius 2 is 1.79 bits per heavy atom. The van der Waals surface area contributed by atoms with E-state index in [1.165, 1.54) is 3.57 Å². The second kappa shape index (κ2) is 8.61. The van der Waals surface area contributed by atoms with Crippen LogP contribution >= 0.6 is 22.6 Å². The first-order valence-corrected chi connectivity index (χ1v) is 10.2.